The topological polar surface area (TPSA) is 12.9 Å². The van der Waals surface area contributed by atoms with Crippen molar-refractivity contribution in [1.82, 2.24) is 4.98 Å². The molecule has 0 aliphatic carbocycles. The zero-order valence-electron chi connectivity index (χ0n) is 14.2. The number of aromatic nitrogens is 1. The molecule has 4 aromatic rings. The van der Waals surface area contributed by atoms with Gasteiger partial charge >= 0.3 is 0 Å². The van der Waals surface area contributed by atoms with Crippen molar-refractivity contribution in [3.05, 3.63) is 66.9 Å². The fourth-order valence-electron chi connectivity index (χ4n) is 2.33. The van der Waals surface area contributed by atoms with E-state index in [2.05, 4.69) is 59.6 Å². The van der Waals surface area contributed by atoms with Crippen LogP contribution in [0.4, 0.5) is 0 Å². The van der Waals surface area contributed by atoms with Crippen LogP contribution >= 0.6 is 11.3 Å². The Hall–Kier alpha value is -2.19. The van der Waals surface area contributed by atoms with E-state index in [-0.39, 0.29) is 0 Å². The molecule has 0 amide bonds. The van der Waals surface area contributed by atoms with E-state index in [4.69, 9.17) is 0 Å². The molecule has 118 valence electrons. The molecule has 4 rings (SSSR count). The monoisotopic (exact) mass is 321 g/mol. The summed E-state index contributed by atoms with van der Waals surface area (Å²) in [5.41, 5.74) is 1.06. The minimum Gasteiger partial charge on any atom is -0.255 e. The van der Waals surface area contributed by atoms with Gasteiger partial charge in [0.2, 0.25) is 0 Å². The number of nitrogens with zero attached hydrogens (tertiary/aromatic N) is 1. The summed E-state index contributed by atoms with van der Waals surface area (Å²) >= 11 is 1.80. The maximum atomic E-state index is 4.58. The van der Waals surface area contributed by atoms with Gasteiger partial charge in [0.15, 0.2) is 0 Å². The molecule has 0 N–H and O–H groups in total. The molecule has 0 saturated carbocycles. The summed E-state index contributed by atoms with van der Waals surface area (Å²) in [6, 6.07) is 21.2. The van der Waals surface area contributed by atoms with E-state index in [0.717, 1.165) is 5.69 Å². The minimum atomic E-state index is 1.06. The Balaban J connectivity index is 0.000000448. The van der Waals surface area contributed by atoms with Crippen LogP contribution in [0, 0.1) is 0 Å². The van der Waals surface area contributed by atoms with Crippen molar-refractivity contribution in [2.75, 3.05) is 0 Å². The summed E-state index contributed by atoms with van der Waals surface area (Å²) < 4.78 is 1.31. The molecule has 2 aromatic carbocycles. The summed E-state index contributed by atoms with van der Waals surface area (Å²) in [6.45, 7) is 8.00. The highest BCUT2D eigenvalue weighted by molar-refractivity contribution is 7.22. The molecule has 23 heavy (non-hydrogen) atoms. The van der Waals surface area contributed by atoms with Crippen molar-refractivity contribution in [3.63, 3.8) is 0 Å². The molecule has 0 bridgehead atoms. The second-order valence-electron chi connectivity index (χ2n) is 4.57. The number of thiophene rings is 1. The van der Waals surface area contributed by atoms with Gasteiger partial charge in [-0.1, -0.05) is 70.2 Å². The normalized spacial score (nSPS) is 9.74. The van der Waals surface area contributed by atoms with Gasteiger partial charge in [-0.15, -0.1) is 11.3 Å². The Morgan fingerprint density at radius 3 is 2.00 bits per heavy atom. The molecule has 0 radical (unpaired) electrons. The molecular formula is C21H23NS. The zero-order valence-corrected chi connectivity index (χ0v) is 15.0. The van der Waals surface area contributed by atoms with Crippen molar-refractivity contribution < 1.29 is 0 Å². The van der Waals surface area contributed by atoms with E-state index in [9.17, 15) is 0 Å². The van der Waals surface area contributed by atoms with E-state index in [1.807, 2.05) is 40.0 Å². The number of fused-ring (bicyclic) bond motifs is 2. The van der Waals surface area contributed by atoms with Crippen LogP contribution in [0.2, 0.25) is 0 Å². The lowest BCUT2D eigenvalue weighted by atomic mass is 10.1. The highest BCUT2D eigenvalue weighted by Crippen LogP contribution is 2.33. The largest absolute Gasteiger partial charge is 0.255 e. The summed E-state index contributed by atoms with van der Waals surface area (Å²) in [6.07, 6.45) is 1.95. The SMILES string of the molecule is CC.CC.c1ccc2cc(-c3cc4ccccc4s3)ncc2c1. The third-order valence-electron chi connectivity index (χ3n) is 3.31. The summed E-state index contributed by atoms with van der Waals surface area (Å²) in [5.74, 6) is 0. The second kappa shape index (κ2) is 8.44. The standard InChI is InChI=1S/C17H11NS.2C2H6/c1-2-7-14-11-18-15(9-12(14)5-1)17-10-13-6-3-4-8-16(13)19-17;2*1-2/h1-11H;2*1-2H3. The van der Waals surface area contributed by atoms with E-state index in [1.54, 1.807) is 11.3 Å². The van der Waals surface area contributed by atoms with Crippen LogP contribution in [-0.4, -0.2) is 4.98 Å². The lowest BCUT2D eigenvalue weighted by Crippen LogP contribution is -1.80. The summed E-state index contributed by atoms with van der Waals surface area (Å²) in [7, 11) is 0. The molecule has 0 aliphatic heterocycles. The van der Waals surface area contributed by atoms with E-state index in [1.165, 1.54) is 25.7 Å². The second-order valence-corrected chi connectivity index (χ2v) is 5.65. The first-order valence-corrected chi connectivity index (χ1v) is 9.05. The van der Waals surface area contributed by atoms with Crippen molar-refractivity contribution in [1.29, 1.82) is 0 Å². The quantitative estimate of drug-likeness (QED) is 0.362. The number of hydrogen-bond donors (Lipinski definition) is 0. The first-order valence-electron chi connectivity index (χ1n) is 8.24. The smallest absolute Gasteiger partial charge is 0.0808 e. The molecule has 0 saturated heterocycles. The first-order chi connectivity index (χ1) is 11.4. The number of pyridine rings is 1. The lowest BCUT2D eigenvalue weighted by Gasteiger charge is -2.00. The lowest BCUT2D eigenvalue weighted by molar-refractivity contribution is 1.37. The molecule has 0 atom stereocenters. The molecule has 2 heteroatoms. The molecule has 1 nitrogen and oxygen atoms in total. The Morgan fingerprint density at radius 2 is 1.30 bits per heavy atom. The van der Waals surface area contributed by atoms with E-state index < -0.39 is 0 Å². The predicted octanol–water partition coefficient (Wildman–Crippen LogP) is 7.17. The van der Waals surface area contributed by atoms with Crippen molar-refractivity contribution in [2.24, 2.45) is 0 Å². The average molecular weight is 321 g/mol. The van der Waals surface area contributed by atoms with Gasteiger partial charge in [-0.2, -0.15) is 0 Å². The van der Waals surface area contributed by atoms with Crippen LogP contribution in [0.1, 0.15) is 27.7 Å². The van der Waals surface area contributed by atoms with Crippen LogP contribution in [0.15, 0.2) is 66.9 Å². The molecule has 0 spiro atoms. The molecule has 0 fully saturated rings. The van der Waals surface area contributed by atoms with Gasteiger partial charge in [0.05, 0.1) is 10.6 Å². The van der Waals surface area contributed by atoms with E-state index >= 15 is 0 Å². The zero-order chi connectivity index (χ0) is 16.7. The third-order valence-corrected chi connectivity index (χ3v) is 4.45. The highest BCUT2D eigenvalue weighted by Gasteiger charge is 2.05. The van der Waals surface area contributed by atoms with Gasteiger partial charge in [-0.05, 0) is 29.0 Å². The van der Waals surface area contributed by atoms with Crippen LogP contribution in [0.25, 0.3) is 31.4 Å². The van der Waals surface area contributed by atoms with Crippen LogP contribution in [-0.2, 0) is 0 Å². The highest BCUT2D eigenvalue weighted by atomic mass is 32.1. The Labute approximate surface area is 142 Å². The third kappa shape index (κ3) is 3.77. The van der Waals surface area contributed by atoms with Crippen molar-refractivity contribution >= 4 is 32.2 Å². The average Bonchev–Trinajstić information content (AvgIpc) is 3.09. The fraction of sp³-hybridized carbons (Fsp3) is 0.190. The van der Waals surface area contributed by atoms with Gasteiger partial charge < -0.3 is 0 Å². The molecule has 2 heterocycles. The van der Waals surface area contributed by atoms with Crippen LogP contribution in [0.5, 0.6) is 0 Å². The van der Waals surface area contributed by atoms with Gasteiger partial charge in [-0.25, -0.2) is 0 Å². The maximum absolute atomic E-state index is 4.58. The summed E-state index contributed by atoms with van der Waals surface area (Å²) in [4.78, 5) is 5.81. The Morgan fingerprint density at radius 1 is 0.696 bits per heavy atom. The minimum absolute atomic E-state index is 1.06. The van der Waals surface area contributed by atoms with Gasteiger partial charge in [0.25, 0.3) is 0 Å². The van der Waals surface area contributed by atoms with Gasteiger partial charge in [0, 0.05) is 16.3 Å². The number of rotatable bonds is 1. The molecule has 0 unspecified atom stereocenters. The van der Waals surface area contributed by atoms with Crippen LogP contribution < -0.4 is 0 Å². The number of hydrogen-bond acceptors (Lipinski definition) is 2. The fourth-order valence-corrected chi connectivity index (χ4v) is 3.36. The first kappa shape index (κ1) is 17.2. The van der Waals surface area contributed by atoms with Gasteiger partial charge in [-0.3, -0.25) is 4.98 Å². The van der Waals surface area contributed by atoms with Crippen molar-refractivity contribution in [3.8, 4) is 10.6 Å². The van der Waals surface area contributed by atoms with E-state index in [0.29, 0.717) is 0 Å². The Bertz CT molecular complexity index is 844. The molecule has 0 aliphatic rings. The number of benzene rings is 2. The predicted molar refractivity (Wildman–Crippen MR) is 105 cm³/mol. The Kier molecular flexibility index (Phi) is 6.30. The maximum Gasteiger partial charge on any atom is 0.0808 e. The molecule has 2 aromatic heterocycles. The summed E-state index contributed by atoms with van der Waals surface area (Å²) in [5, 5.41) is 3.72. The van der Waals surface area contributed by atoms with Crippen molar-refractivity contribution in [2.45, 2.75) is 27.7 Å². The van der Waals surface area contributed by atoms with Gasteiger partial charge in [0.1, 0.15) is 0 Å². The van der Waals surface area contributed by atoms with Crippen LogP contribution in [0.3, 0.4) is 0 Å². The molecular weight excluding hydrogens is 298 g/mol.